The molecule has 2 atom stereocenters. The van der Waals surface area contributed by atoms with Crippen LogP contribution in [0.4, 0.5) is 0 Å². The van der Waals surface area contributed by atoms with E-state index in [4.69, 9.17) is 5.11 Å². The van der Waals surface area contributed by atoms with Gasteiger partial charge in [0.1, 0.15) is 6.04 Å². The zero-order chi connectivity index (χ0) is 8.27. The molecular formula is C7H14N2O2. The molecule has 0 bridgehead atoms. The summed E-state index contributed by atoms with van der Waals surface area (Å²) in [6, 6.07) is 0.0309. The van der Waals surface area contributed by atoms with Gasteiger partial charge in [-0.2, -0.15) is 0 Å². The Balaban J connectivity index is 2.30. The van der Waals surface area contributed by atoms with Gasteiger partial charge < -0.3 is 15.7 Å². The number of carbonyl (C=O) groups is 1. The van der Waals surface area contributed by atoms with Gasteiger partial charge in [-0.1, -0.05) is 6.92 Å². The van der Waals surface area contributed by atoms with Crippen molar-refractivity contribution in [1.82, 2.24) is 10.6 Å². The highest BCUT2D eigenvalue weighted by Gasteiger charge is 2.23. The molecule has 0 radical (unpaired) electrons. The third-order valence-electron chi connectivity index (χ3n) is 2.01. The summed E-state index contributed by atoms with van der Waals surface area (Å²) in [5, 5.41) is 14.7. The summed E-state index contributed by atoms with van der Waals surface area (Å²) < 4.78 is 0. The van der Waals surface area contributed by atoms with Crippen molar-refractivity contribution in [2.24, 2.45) is 0 Å². The largest absolute Gasteiger partial charge is 0.480 e. The fourth-order valence-electron chi connectivity index (χ4n) is 1.18. The van der Waals surface area contributed by atoms with Gasteiger partial charge in [-0.05, 0) is 6.42 Å². The van der Waals surface area contributed by atoms with Crippen molar-refractivity contribution in [2.45, 2.75) is 25.4 Å². The van der Waals surface area contributed by atoms with Crippen molar-refractivity contribution in [3.05, 3.63) is 0 Å². The summed E-state index contributed by atoms with van der Waals surface area (Å²) in [6.45, 7) is 3.38. The molecule has 11 heavy (non-hydrogen) atoms. The van der Waals surface area contributed by atoms with E-state index in [2.05, 4.69) is 17.6 Å². The number of hydrogen-bond donors (Lipinski definition) is 3. The summed E-state index contributed by atoms with van der Waals surface area (Å²) in [5.74, 6) is -0.771. The molecule has 1 rings (SSSR count). The maximum absolute atomic E-state index is 10.4. The third kappa shape index (κ3) is 2.17. The quantitative estimate of drug-likeness (QED) is 0.503. The van der Waals surface area contributed by atoms with Crippen molar-refractivity contribution in [1.29, 1.82) is 0 Å². The van der Waals surface area contributed by atoms with Crippen molar-refractivity contribution in [3.63, 3.8) is 0 Å². The van der Waals surface area contributed by atoms with Crippen LogP contribution in [0.3, 0.4) is 0 Å². The van der Waals surface area contributed by atoms with Crippen LogP contribution in [0.2, 0.25) is 0 Å². The molecule has 0 spiro atoms. The molecule has 1 aliphatic heterocycles. The zero-order valence-electron chi connectivity index (χ0n) is 6.63. The summed E-state index contributed by atoms with van der Waals surface area (Å²) in [7, 11) is 0. The van der Waals surface area contributed by atoms with E-state index >= 15 is 0 Å². The average molecular weight is 158 g/mol. The molecule has 0 saturated carbocycles. The Morgan fingerprint density at radius 1 is 1.55 bits per heavy atom. The second kappa shape index (κ2) is 3.69. The first kappa shape index (κ1) is 8.49. The second-order valence-corrected chi connectivity index (χ2v) is 2.81. The van der Waals surface area contributed by atoms with E-state index in [1.54, 1.807) is 0 Å². The monoisotopic (exact) mass is 158 g/mol. The SMILES string of the molecule is CCC1CNC(C(=O)O)CN1. The molecule has 3 N–H and O–H groups in total. The van der Waals surface area contributed by atoms with Gasteiger partial charge in [-0.3, -0.25) is 4.79 Å². The van der Waals surface area contributed by atoms with E-state index in [1.165, 1.54) is 0 Å². The highest BCUT2D eigenvalue weighted by atomic mass is 16.4. The smallest absolute Gasteiger partial charge is 0.322 e. The zero-order valence-corrected chi connectivity index (χ0v) is 6.63. The minimum Gasteiger partial charge on any atom is -0.480 e. The van der Waals surface area contributed by atoms with Gasteiger partial charge in [0.2, 0.25) is 0 Å². The topological polar surface area (TPSA) is 61.4 Å². The van der Waals surface area contributed by atoms with E-state index in [0.717, 1.165) is 13.0 Å². The molecule has 0 aromatic carbocycles. The molecule has 0 aromatic heterocycles. The van der Waals surface area contributed by atoms with E-state index in [9.17, 15) is 4.79 Å². The van der Waals surface area contributed by atoms with Crippen LogP contribution in [0.5, 0.6) is 0 Å². The second-order valence-electron chi connectivity index (χ2n) is 2.81. The number of carboxylic acid groups (broad SMARTS) is 1. The molecule has 1 heterocycles. The molecule has 2 unspecified atom stereocenters. The molecule has 0 amide bonds. The normalized spacial score (nSPS) is 31.7. The lowest BCUT2D eigenvalue weighted by Crippen LogP contribution is -2.57. The molecule has 1 fully saturated rings. The Bertz CT molecular complexity index is 141. The van der Waals surface area contributed by atoms with Gasteiger partial charge in [0.05, 0.1) is 0 Å². The lowest BCUT2D eigenvalue weighted by Gasteiger charge is -2.27. The fourth-order valence-corrected chi connectivity index (χ4v) is 1.18. The fraction of sp³-hybridized carbons (Fsp3) is 0.857. The number of aliphatic carboxylic acids is 1. The van der Waals surface area contributed by atoms with E-state index in [-0.39, 0.29) is 0 Å². The van der Waals surface area contributed by atoms with Crippen LogP contribution in [0.25, 0.3) is 0 Å². The average Bonchev–Trinajstić information content (AvgIpc) is 2.05. The molecule has 0 aromatic rings. The minimum absolute atomic E-state index is 0.405. The van der Waals surface area contributed by atoms with Crippen LogP contribution in [-0.2, 0) is 4.79 Å². The highest BCUT2D eigenvalue weighted by Crippen LogP contribution is 1.96. The van der Waals surface area contributed by atoms with Crippen LogP contribution in [0.15, 0.2) is 0 Å². The maximum atomic E-state index is 10.4. The standard InChI is InChI=1S/C7H14N2O2/c1-2-5-3-9-6(4-8-5)7(10)11/h5-6,8-9H,2-4H2,1H3,(H,10,11). The Labute approximate surface area is 66.0 Å². The molecule has 1 aliphatic rings. The Morgan fingerprint density at radius 3 is 2.64 bits per heavy atom. The summed E-state index contributed by atoms with van der Waals surface area (Å²) in [5.41, 5.74) is 0. The molecule has 4 nitrogen and oxygen atoms in total. The Kier molecular flexibility index (Phi) is 2.84. The van der Waals surface area contributed by atoms with Crippen LogP contribution < -0.4 is 10.6 Å². The number of hydrogen-bond acceptors (Lipinski definition) is 3. The molecule has 0 aliphatic carbocycles. The van der Waals surface area contributed by atoms with Crippen molar-refractivity contribution < 1.29 is 9.90 Å². The minimum atomic E-state index is -0.771. The predicted octanol–water partition coefficient (Wildman–Crippen LogP) is -0.589. The number of piperazine rings is 1. The van der Waals surface area contributed by atoms with E-state index in [1.807, 2.05) is 0 Å². The summed E-state index contributed by atoms with van der Waals surface area (Å²) in [4.78, 5) is 10.4. The predicted molar refractivity (Wildman–Crippen MR) is 41.5 cm³/mol. The molecule has 1 saturated heterocycles. The van der Waals surface area contributed by atoms with Crippen LogP contribution in [0.1, 0.15) is 13.3 Å². The first-order chi connectivity index (χ1) is 5.24. The lowest BCUT2D eigenvalue weighted by molar-refractivity contribution is -0.139. The van der Waals surface area contributed by atoms with Gasteiger partial charge in [-0.25, -0.2) is 0 Å². The number of carboxylic acids is 1. The lowest BCUT2D eigenvalue weighted by atomic mass is 10.1. The number of rotatable bonds is 2. The Hall–Kier alpha value is -0.610. The highest BCUT2D eigenvalue weighted by molar-refractivity contribution is 5.73. The van der Waals surface area contributed by atoms with Gasteiger partial charge in [0.15, 0.2) is 0 Å². The van der Waals surface area contributed by atoms with Crippen molar-refractivity contribution >= 4 is 5.97 Å². The number of nitrogens with one attached hydrogen (secondary N) is 2. The summed E-state index contributed by atoms with van der Waals surface area (Å²) in [6.07, 6.45) is 1.04. The van der Waals surface area contributed by atoms with Crippen molar-refractivity contribution in [3.8, 4) is 0 Å². The van der Waals surface area contributed by atoms with E-state index < -0.39 is 12.0 Å². The third-order valence-corrected chi connectivity index (χ3v) is 2.01. The van der Waals surface area contributed by atoms with Gasteiger partial charge in [-0.15, -0.1) is 0 Å². The maximum Gasteiger partial charge on any atom is 0.322 e. The van der Waals surface area contributed by atoms with Gasteiger partial charge in [0, 0.05) is 19.1 Å². The summed E-state index contributed by atoms with van der Waals surface area (Å²) >= 11 is 0. The first-order valence-corrected chi connectivity index (χ1v) is 3.93. The molecule has 4 heteroatoms. The van der Waals surface area contributed by atoms with Crippen LogP contribution in [-0.4, -0.2) is 36.2 Å². The van der Waals surface area contributed by atoms with Crippen LogP contribution in [0, 0.1) is 0 Å². The van der Waals surface area contributed by atoms with Crippen molar-refractivity contribution in [2.75, 3.05) is 13.1 Å². The van der Waals surface area contributed by atoms with Gasteiger partial charge in [0.25, 0.3) is 0 Å². The van der Waals surface area contributed by atoms with Crippen LogP contribution >= 0.6 is 0 Å². The Morgan fingerprint density at radius 2 is 2.27 bits per heavy atom. The van der Waals surface area contributed by atoms with E-state index in [0.29, 0.717) is 12.6 Å². The first-order valence-electron chi connectivity index (χ1n) is 3.93. The molecular weight excluding hydrogens is 144 g/mol. The molecule has 64 valence electrons. The van der Waals surface area contributed by atoms with Gasteiger partial charge >= 0.3 is 5.97 Å².